The van der Waals surface area contributed by atoms with E-state index in [4.69, 9.17) is 23.7 Å². The van der Waals surface area contributed by atoms with Crippen LogP contribution in [-0.2, 0) is 20.4 Å². The molecule has 9 heteroatoms. The molecule has 0 heterocycles. The lowest BCUT2D eigenvalue weighted by Crippen LogP contribution is -2.04. The van der Waals surface area contributed by atoms with Crippen LogP contribution in [-0.4, -0.2) is 42.8 Å². The molecule has 0 saturated carbocycles. The minimum absolute atomic E-state index is 0.250. The molecule has 162 valence electrons. The molecular weight excluding hydrogens is 412 g/mol. The molecule has 2 aromatic carbocycles. The predicted octanol–water partition coefficient (Wildman–Crippen LogP) is 3.23. The van der Waals surface area contributed by atoms with Gasteiger partial charge in [0.15, 0.2) is 32.8 Å². The molecule has 0 fully saturated rings. The van der Waals surface area contributed by atoms with Crippen molar-refractivity contribution in [1.82, 2.24) is 0 Å². The van der Waals surface area contributed by atoms with E-state index in [9.17, 15) is 13.2 Å². The Balaban J connectivity index is 2.29. The third-order valence-corrected chi connectivity index (χ3v) is 5.32. The summed E-state index contributed by atoms with van der Waals surface area (Å²) in [5.41, 5.74) is 0.994. The Morgan fingerprint density at radius 1 is 0.833 bits per heavy atom. The number of sulfone groups is 1. The average Bonchev–Trinajstić information content (AvgIpc) is 2.72. The fraction of sp³-hybridized carbons (Fsp3) is 0.286. The van der Waals surface area contributed by atoms with Crippen LogP contribution in [0.5, 0.6) is 28.7 Å². The number of rotatable bonds is 9. The molecule has 0 N–H and O–H groups in total. The second-order valence-corrected chi connectivity index (χ2v) is 8.02. The van der Waals surface area contributed by atoms with Crippen molar-refractivity contribution in [2.24, 2.45) is 0 Å². The fourth-order valence-corrected chi connectivity index (χ4v) is 3.80. The van der Waals surface area contributed by atoms with Crippen molar-refractivity contribution in [1.29, 1.82) is 0 Å². The molecule has 0 aromatic heterocycles. The van der Waals surface area contributed by atoms with Crippen molar-refractivity contribution in [2.45, 2.75) is 12.7 Å². The van der Waals surface area contributed by atoms with Crippen molar-refractivity contribution in [3.63, 3.8) is 0 Å². The minimum atomic E-state index is -3.64. The number of methoxy groups -OCH3 is 4. The molecule has 0 amide bonds. The van der Waals surface area contributed by atoms with Crippen molar-refractivity contribution in [3.8, 4) is 28.7 Å². The zero-order valence-electron chi connectivity index (χ0n) is 17.4. The standard InChI is InChI=1S/C21H24O8S/c1-14(22)29-17-7-6-15(10-19(17)26-3)8-9-30(23,24)13-16-11-20(27-4)21(28-5)12-18(16)25-2/h6-12H,13H2,1-5H3. The van der Waals surface area contributed by atoms with Crippen LogP contribution < -0.4 is 23.7 Å². The summed E-state index contributed by atoms with van der Waals surface area (Å²) in [5, 5.41) is 1.10. The van der Waals surface area contributed by atoms with Gasteiger partial charge in [-0.15, -0.1) is 0 Å². The molecule has 0 aliphatic carbocycles. The number of esters is 1. The predicted molar refractivity (Wildman–Crippen MR) is 112 cm³/mol. The summed E-state index contributed by atoms with van der Waals surface area (Å²) in [5.74, 6) is 0.992. The molecule has 0 saturated heterocycles. The SMILES string of the molecule is COc1cc(OC)c(OC)cc1CS(=O)(=O)C=Cc1ccc(OC(C)=O)c(OC)c1. The molecule has 8 nitrogen and oxygen atoms in total. The summed E-state index contributed by atoms with van der Waals surface area (Å²) < 4.78 is 51.3. The summed E-state index contributed by atoms with van der Waals surface area (Å²) in [6.45, 7) is 1.28. The van der Waals surface area contributed by atoms with Crippen molar-refractivity contribution < 1.29 is 36.9 Å². The van der Waals surface area contributed by atoms with Crippen LogP contribution in [0.2, 0.25) is 0 Å². The summed E-state index contributed by atoms with van der Waals surface area (Å²) >= 11 is 0. The molecule has 0 atom stereocenters. The van der Waals surface area contributed by atoms with Crippen LogP contribution in [0.25, 0.3) is 6.08 Å². The first kappa shape index (κ1) is 23.1. The van der Waals surface area contributed by atoms with Gasteiger partial charge in [-0.2, -0.15) is 0 Å². The first-order valence-electron chi connectivity index (χ1n) is 8.79. The van der Waals surface area contributed by atoms with Gasteiger partial charge in [0.25, 0.3) is 0 Å². The van der Waals surface area contributed by atoms with Crippen LogP contribution in [0.1, 0.15) is 18.1 Å². The number of benzene rings is 2. The lowest BCUT2D eigenvalue weighted by Gasteiger charge is -2.13. The maximum atomic E-state index is 12.6. The monoisotopic (exact) mass is 436 g/mol. The van der Waals surface area contributed by atoms with E-state index < -0.39 is 15.8 Å². The van der Waals surface area contributed by atoms with Crippen LogP contribution >= 0.6 is 0 Å². The molecule has 0 aliphatic rings. The summed E-state index contributed by atoms with van der Waals surface area (Å²) in [4.78, 5) is 11.1. The van der Waals surface area contributed by atoms with Gasteiger partial charge in [-0.3, -0.25) is 4.79 Å². The van der Waals surface area contributed by atoms with E-state index >= 15 is 0 Å². The smallest absolute Gasteiger partial charge is 0.308 e. The van der Waals surface area contributed by atoms with E-state index in [1.165, 1.54) is 47.5 Å². The van der Waals surface area contributed by atoms with Crippen molar-refractivity contribution >= 4 is 21.9 Å². The van der Waals surface area contributed by atoms with Crippen LogP contribution in [0.15, 0.2) is 35.7 Å². The zero-order valence-corrected chi connectivity index (χ0v) is 18.2. The molecule has 2 rings (SSSR count). The number of hydrogen-bond donors (Lipinski definition) is 0. The van der Waals surface area contributed by atoms with Crippen molar-refractivity contribution in [2.75, 3.05) is 28.4 Å². The highest BCUT2D eigenvalue weighted by Gasteiger charge is 2.17. The topological polar surface area (TPSA) is 97.4 Å². The normalized spacial score (nSPS) is 11.2. The zero-order chi connectivity index (χ0) is 22.3. The van der Waals surface area contributed by atoms with E-state index in [-0.39, 0.29) is 11.5 Å². The second kappa shape index (κ2) is 10.0. The largest absolute Gasteiger partial charge is 0.496 e. The Labute approximate surface area is 175 Å². The Hall–Kier alpha value is -3.20. The highest BCUT2D eigenvalue weighted by Crippen LogP contribution is 2.35. The van der Waals surface area contributed by atoms with Gasteiger partial charge < -0.3 is 23.7 Å². The first-order chi connectivity index (χ1) is 14.2. The van der Waals surface area contributed by atoms with E-state index in [1.54, 1.807) is 24.3 Å². The molecule has 0 unspecified atom stereocenters. The Morgan fingerprint density at radius 2 is 1.40 bits per heavy atom. The van der Waals surface area contributed by atoms with Crippen molar-refractivity contribution in [3.05, 3.63) is 46.9 Å². The van der Waals surface area contributed by atoms with Gasteiger partial charge in [-0.25, -0.2) is 8.42 Å². The Morgan fingerprint density at radius 3 is 1.97 bits per heavy atom. The van der Waals surface area contributed by atoms with Crippen LogP contribution in [0.3, 0.4) is 0 Å². The maximum Gasteiger partial charge on any atom is 0.308 e. The number of hydrogen-bond acceptors (Lipinski definition) is 8. The number of carbonyl (C=O) groups is 1. The fourth-order valence-electron chi connectivity index (χ4n) is 2.68. The van der Waals surface area contributed by atoms with Gasteiger partial charge in [-0.1, -0.05) is 6.07 Å². The van der Waals surface area contributed by atoms with E-state index in [1.807, 2.05) is 0 Å². The highest BCUT2D eigenvalue weighted by molar-refractivity contribution is 7.93. The molecule has 0 aliphatic heterocycles. The van der Waals surface area contributed by atoms with E-state index in [0.29, 0.717) is 34.1 Å². The Kier molecular flexibility index (Phi) is 7.71. The first-order valence-corrected chi connectivity index (χ1v) is 10.5. The van der Waals surface area contributed by atoms with Gasteiger partial charge in [0.05, 0.1) is 34.2 Å². The molecule has 2 aromatic rings. The van der Waals surface area contributed by atoms with Gasteiger partial charge in [-0.05, 0) is 29.8 Å². The highest BCUT2D eigenvalue weighted by atomic mass is 32.2. The molecule has 0 radical (unpaired) electrons. The second-order valence-electron chi connectivity index (χ2n) is 6.13. The quantitative estimate of drug-likeness (QED) is 0.437. The van der Waals surface area contributed by atoms with Gasteiger partial charge in [0.2, 0.25) is 0 Å². The summed E-state index contributed by atoms with van der Waals surface area (Å²) in [6.07, 6.45) is 1.43. The van der Waals surface area contributed by atoms with Gasteiger partial charge >= 0.3 is 5.97 Å². The summed E-state index contributed by atoms with van der Waals surface area (Å²) in [7, 11) is 2.18. The summed E-state index contributed by atoms with van der Waals surface area (Å²) in [6, 6.07) is 7.86. The van der Waals surface area contributed by atoms with Gasteiger partial charge in [0.1, 0.15) is 5.75 Å². The lowest BCUT2D eigenvalue weighted by atomic mass is 10.2. The third kappa shape index (κ3) is 5.90. The molecule has 30 heavy (non-hydrogen) atoms. The van der Waals surface area contributed by atoms with Crippen LogP contribution in [0.4, 0.5) is 0 Å². The Bertz CT molecular complexity index is 1040. The van der Waals surface area contributed by atoms with E-state index in [0.717, 1.165) is 5.41 Å². The maximum absolute atomic E-state index is 12.6. The number of ether oxygens (including phenoxy) is 5. The van der Waals surface area contributed by atoms with E-state index in [2.05, 4.69) is 0 Å². The number of carbonyl (C=O) groups excluding carboxylic acids is 1. The van der Waals surface area contributed by atoms with Crippen LogP contribution in [0, 0.1) is 0 Å². The molecular formula is C21H24O8S. The lowest BCUT2D eigenvalue weighted by molar-refractivity contribution is -0.132. The average molecular weight is 436 g/mol. The minimum Gasteiger partial charge on any atom is -0.496 e. The molecule has 0 spiro atoms. The molecule has 0 bridgehead atoms. The third-order valence-electron chi connectivity index (χ3n) is 4.05. The van der Waals surface area contributed by atoms with Gasteiger partial charge in [0, 0.05) is 24.0 Å².